The summed E-state index contributed by atoms with van der Waals surface area (Å²) in [6.07, 6.45) is 0. The number of rotatable bonds is 0. The summed E-state index contributed by atoms with van der Waals surface area (Å²) < 4.78 is 14.1. The van der Waals surface area contributed by atoms with Crippen molar-refractivity contribution in [1.82, 2.24) is 0 Å². The Kier molecular flexibility index (Phi) is 27.8. The third kappa shape index (κ3) is 1050. The first kappa shape index (κ1) is 17.9. The van der Waals surface area contributed by atoms with Crippen LogP contribution in [0.1, 0.15) is 0 Å². The maximum absolute atomic E-state index is 7.04. The van der Waals surface area contributed by atoms with E-state index >= 15 is 0 Å². The van der Waals surface area contributed by atoms with Crippen molar-refractivity contribution in [3.63, 3.8) is 0 Å². The van der Waals surface area contributed by atoms with Gasteiger partial charge in [-0.25, -0.2) is 0 Å². The van der Waals surface area contributed by atoms with Crippen LogP contribution in [0, 0.1) is 0 Å². The molecule has 11 heavy (non-hydrogen) atoms. The molecule has 0 amide bonds. The minimum atomic E-state index is -0.333. The Balaban J connectivity index is -0.0000000886. The molecule has 0 aromatic rings. The Bertz CT molecular complexity index is 79.1. The van der Waals surface area contributed by atoms with Crippen molar-refractivity contribution in [3.05, 3.63) is 9.56 Å². The van der Waals surface area contributed by atoms with Gasteiger partial charge in [0.25, 0.3) is 0 Å². The summed E-state index contributed by atoms with van der Waals surface area (Å²) >= 11 is -0.917. The number of hydrogen-bond donors (Lipinski definition) is 0. The van der Waals surface area contributed by atoms with Crippen molar-refractivity contribution in [1.29, 1.82) is 0 Å². The van der Waals surface area contributed by atoms with Crippen LogP contribution in [-0.2, 0) is 11.4 Å². The van der Waals surface area contributed by atoms with Gasteiger partial charge in [0.1, 0.15) is 0 Å². The van der Waals surface area contributed by atoms with Gasteiger partial charge in [-0.3, -0.25) is 0 Å². The van der Waals surface area contributed by atoms with Gasteiger partial charge in [0, 0.05) is 0 Å². The fraction of sp³-hybridized carbons (Fsp3) is 1.00. The summed E-state index contributed by atoms with van der Waals surface area (Å²) in [6, 6.07) is 0. The molecule has 0 atom stereocenters. The molecule has 0 aliphatic heterocycles. The monoisotopic (exact) mass is 298 g/mol. The predicted octanol–water partition coefficient (Wildman–Crippen LogP) is 3.32. The van der Waals surface area contributed by atoms with Gasteiger partial charge in [-0.1, -0.05) is 0 Å². The van der Waals surface area contributed by atoms with Crippen molar-refractivity contribution in [2.24, 2.45) is 0 Å². The van der Waals surface area contributed by atoms with Gasteiger partial charge in [0.05, 0.1) is 0 Å². The van der Waals surface area contributed by atoms with Crippen LogP contribution >= 0.6 is 0 Å². The molecule has 0 heterocycles. The van der Waals surface area contributed by atoms with Crippen molar-refractivity contribution >= 4 is 40.1 Å². The fourth-order valence-electron chi connectivity index (χ4n) is 0. The van der Waals surface area contributed by atoms with Crippen molar-refractivity contribution < 1.29 is 0 Å². The minimum Gasteiger partial charge on any atom is -0.771 e. The molecule has 0 aliphatic carbocycles. The first-order chi connectivity index (χ1) is 4.88. The van der Waals surface area contributed by atoms with Gasteiger partial charge < -0.3 is 20.9 Å². The minimum absolute atomic E-state index is 0.250. The van der Waals surface area contributed by atoms with E-state index in [1.807, 2.05) is 0 Å². The zero-order valence-electron chi connectivity index (χ0n) is 8.30. The second-order valence-electron chi connectivity index (χ2n) is 3.08. The first-order valence-electron chi connectivity index (χ1n) is 3.37. The molecule has 68 valence electrons. The fourth-order valence-corrected chi connectivity index (χ4v) is 0. The maximum atomic E-state index is 7.04. The normalized spacial score (nSPS) is 7.64. The largest absolute Gasteiger partial charge is 0.771 e. The molecule has 0 saturated carbocycles. The van der Waals surface area contributed by atoms with Crippen LogP contribution in [0.25, 0.3) is 9.56 Å². The van der Waals surface area contributed by atoms with Gasteiger partial charge in [-0.15, -0.1) is 0 Å². The Labute approximate surface area is 83.9 Å². The van der Waals surface area contributed by atoms with Crippen molar-refractivity contribution in [2.45, 2.75) is 34.5 Å². The molecular formula is C6H18Ge2N2S-2. The summed E-state index contributed by atoms with van der Waals surface area (Å²) in [5, 5.41) is 0. The maximum Gasteiger partial charge on any atom is -0.458 e. The van der Waals surface area contributed by atoms with E-state index in [1.165, 1.54) is 0 Å². The van der Waals surface area contributed by atoms with Crippen LogP contribution in [0.5, 0.6) is 0 Å². The predicted molar refractivity (Wildman–Crippen MR) is 60.8 cm³/mol. The van der Waals surface area contributed by atoms with Gasteiger partial charge in [0.15, 0.2) is 0 Å². The summed E-state index contributed by atoms with van der Waals surface area (Å²) in [5.74, 6) is 14.0. The molecule has 0 rings (SSSR count). The summed E-state index contributed by atoms with van der Waals surface area (Å²) in [5.41, 5.74) is 0. The van der Waals surface area contributed by atoms with E-state index in [-0.39, 0.29) is 40.1 Å². The third-order valence-corrected chi connectivity index (χ3v) is 0. The SMILES string of the molecule is [CH3][Ge]([CH3])[CH3].[CH3][Ge]([CH3])[CH3].[N-]=S=[N-]. The molecule has 0 aliphatic rings. The average molecular weight is 296 g/mol. The van der Waals surface area contributed by atoms with E-state index in [0.29, 0.717) is 0 Å². The molecule has 0 saturated heterocycles. The molecular weight excluding hydrogens is 277 g/mol. The topological polar surface area (TPSA) is 44.6 Å². The average Bonchev–Trinajstić information content (AvgIpc) is 1.60. The molecule has 0 aromatic heterocycles. The smallest absolute Gasteiger partial charge is 0.458 e. The van der Waals surface area contributed by atoms with E-state index in [4.69, 9.17) is 9.56 Å². The first-order valence-corrected chi connectivity index (χ1v) is 16.7. The van der Waals surface area contributed by atoms with Crippen LogP contribution in [0.2, 0.25) is 34.5 Å². The van der Waals surface area contributed by atoms with Gasteiger partial charge in [-0.2, -0.15) is 0 Å². The summed E-state index contributed by atoms with van der Waals surface area (Å²) in [6.45, 7) is 0. The summed E-state index contributed by atoms with van der Waals surface area (Å²) in [4.78, 5) is 0. The van der Waals surface area contributed by atoms with Gasteiger partial charge in [-0.05, 0) is 0 Å². The van der Waals surface area contributed by atoms with Crippen LogP contribution in [0.3, 0.4) is 0 Å². The second-order valence-corrected chi connectivity index (χ2v) is 15.8. The molecule has 0 N–H and O–H groups in total. The van der Waals surface area contributed by atoms with Crippen LogP contribution < -0.4 is 0 Å². The standard InChI is InChI=1S/2C3H9Ge.N2S/c2*1-4(2)3;1-3-2/h2*1-3H3;/q;;-2. The molecule has 0 bridgehead atoms. The zero-order valence-corrected chi connectivity index (χ0v) is 13.3. The van der Waals surface area contributed by atoms with E-state index in [9.17, 15) is 0 Å². The van der Waals surface area contributed by atoms with Gasteiger partial charge >= 0.3 is 63.2 Å². The molecule has 0 aromatic carbocycles. The van der Waals surface area contributed by atoms with E-state index < -0.39 is 0 Å². The zero-order chi connectivity index (χ0) is 9.86. The van der Waals surface area contributed by atoms with E-state index in [2.05, 4.69) is 34.5 Å². The Morgan fingerprint density at radius 3 is 0.727 bits per heavy atom. The molecule has 0 spiro atoms. The molecule has 2 nitrogen and oxygen atoms in total. The van der Waals surface area contributed by atoms with Crippen LogP contribution in [0.4, 0.5) is 0 Å². The third-order valence-electron chi connectivity index (χ3n) is 0. The Hall–Kier alpha value is 0.906. The quantitative estimate of drug-likeness (QED) is 0.616. The Morgan fingerprint density at radius 2 is 0.727 bits per heavy atom. The van der Waals surface area contributed by atoms with Crippen LogP contribution in [-0.4, -0.2) is 28.7 Å². The number of nitrogens with zero attached hydrogens (tertiary/aromatic N) is 2. The van der Waals surface area contributed by atoms with Crippen molar-refractivity contribution in [3.8, 4) is 0 Å². The molecule has 0 fully saturated rings. The van der Waals surface area contributed by atoms with Crippen molar-refractivity contribution in [2.75, 3.05) is 0 Å². The van der Waals surface area contributed by atoms with Gasteiger partial charge in [0.2, 0.25) is 0 Å². The second kappa shape index (κ2) is 17.1. The Morgan fingerprint density at radius 1 is 0.727 bits per heavy atom. The van der Waals surface area contributed by atoms with Crippen LogP contribution in [0.15, 0.2) is 0 Å². The number of hydrogen-bond acceptors (Lipinski definition) is 0. The molecule has 2 radical (unpaired) electrons. The summed E-state index contributed by atoms with van der Waals surface area (Å²) in [7, 11) is 0. The van der Waals surface area contributed by atoms with E-state index in [0.717, 1.165) is 0 Å². The molecule has 5 heteroatoms. The molecule has 0 unspecified atom stereocenters. The van der Waals surface area contributed by atoms with E-state index in [1.54, 1.807) is 0 Å².